The molecule has 0 aliphatic carbocycles. The highest BCUT2D eigenvalue weighted by molar-refractivity contribution is 7.86. The minimum Gasteiger partial charge on any atom is -0.497 e. The third kappa shape index (κ3) is 4.14. The van der Waals surface area contributed by atoms with Crippen molar-refractivity contribution in [2.45, 2.75) is 11.3 Å². The van der Waals surface area contributed by atoms with Gasteiger partial charge in [-0.15, -0.1) is 0 Å². The lowest BCUT2D eigenvalue weighted by atomic mass is 10.1. The van der Waals surface area contributed by atoms with E-state index in [-0.39, 0.29) is 5.75 Å². The van der Waals surface area contributed by atoms with E-state index in [1.54, 1.807) is 36.4 Å². The maximum atomic E-state index is 13.4. The van der Waals surface area contributed by atoms with E-state index in [4.69, 9.17) is 4.74 Å². The fourth-order valence-electron chi connectivity index (χ4n) is 2.57. The van der Waals surface area contributed by atoms with Crippen molar-refractivity contribution in [3.8, 4) is 5.75 Å². The van der Waals surface area contributed by atoms with E-state index >= 15 is 0 Å². The van der Waals surface area contributed by atoms with E-state index in [0.29, 0.717) is 16.3 Å². The first-order valence-corrected chi connectivity index (χ1v) is 9.26. The molecule has 3 aromatic carbocycles. The van der Waals surface area contributed by atoms with Crippen molar-refractivity contribution in [2.24, 2.45) is 4.99 Å². The van der Waals surface area contributed by atoms with Gasteiger partial charge in [0.05, 0.1) is 35.1 Å². The summed E-state index contributed by atoms with van der Waals surface area (Å²) < 4.78 is 44.6. The van der Waals surface area contributed by atoms with Gasteiger partial charge in [0.2, 0.25) is 0 Å². The van der Waals surface area contributed by atoms with Gasteiger partial charge in [0.15, 0.2) is 0 Å². The van der Waals surface area contributed by atoms with E-state index in [1.165, 1.54) is 7.11 Å². The zero-order valence-electron chi connectivity index (χ0n) is 14.1. The molecule has 0 radical (unpaired) electrons. The quantitative estimate of drug-likeness (QED) is 0.571. The molecule has 0 saturated carbocycles. The van der Waals surface area contributed by atoms with Crippen LogP contribution in [0.4, 0.5) is 14.5 Å². The molecule has 26 heavy (non-hydrogen) atoms. The van der Waals surface area contributed by atoms with Gasteiger partial charge in [-0.25, -0.2) is 8.78 Å². The Morgan fingerprint density at radius 3 is 2.42 bits per heavy atom. The fraction of sp³-hybridized carbons (Fsp3) is 0.150. The highest BCUT2D eigenvalue weighted by Gasteiger charge is 2.19. The molecule has 0 saturated heterocycles. The molecule has 0 N–H and O–H groups in total. The Morgan fingerprint density at radius 1 is 1.04 bits per heavy atom. The maximum Gasteiger partial charge on any atom is 0.277 e. The number of methoxy groups -OCH3 is 1. The molecule has 0 heterocycles. The van der Waals surface area contributed by atoms with Gasteiger partial charge in [0.25, 0.3) is 6.43 Å². The number of hydrogen-bond donors (Lipinski definition) is 0. The Bertz CT molecular complexity index is 950. The van der Waals surface area contributed by atoms with E-state index in [9.17, 15) is 13.0 Å². The highest BCUT2D eigenvalue weighted by atomic mass is 32.2. The summed E-state index contributed by atoms with van der Waals surface area (Å²) >= 11 is 0. The second kappa shape index (κ2) is 8.19. The van der Waals surface area contributed by atoms with Crippen molar-refractivity contribution in [2.75, 3.05) is 12.9 Å². The topological polar surface area (TPSA) is 38.7 Å². The van der Waals surface area contributed by atoms with Crippen LogP contribution >= 0.6 is 0 Å². The molecular weight excluding hydrogens is 356 g/mol. The summed E-state index contributed by atoms with van der Waals surface area (Å²) in [5.41, 5.74) is -0.0301. The lowest BCUT2D eigenvalue weighted by molar-refractivity contribution is 0.225. The summed E-state index contributed by atoms with van der Waals surface area (Å²) in [6, 6.07) is 19.3. The van der Waals surface area contributed by atoms with Crippen LogP contribution in [0.5, 0.6) is 5.75 Å². The van der Waals surface area contributed by atoms with E-state index < -0.39 is 22.9 Å². The standard InChI is InChI=1S/C20H17F2NO2S/c1-25-16-11-9-15(10-12-16)23-18(20(21)22)13-26(24)19-8-4-6-14-5-2-3-7-17(14)19/h2-12,20H,13H2,1H3. The average Bonchev–Trinajstić information content (AvgIpc) is 2.67. The fourth-order valence-corrected chi connectivity index (χ4v) is 3.85. The van der Waals surface area contributed by atoms with Crippen LogP contribution in [-0.2, 0) is 10.8 Å². The van der Waals surface area contributed by atoms with E-state index in [0.717, 1.165) is 10.8 Å². The molecule has 0 fully saturated rings. The minimum absolute atomic E-state index is 0.322. The average molecular weight is 373 g/mol. The number of rotatable bonds is 6. The molecule has 3 nitrogen and oxygen atoms in total. The number of benzene rings is 3. The minimum atomic E-state index is -2.78. The second-order valence-corrected chi connectivity index (χ2v) is 6.99. The highest BCUT2D eigenvalue weighted by Crippen LogP contribution is 2.23. The Labute approximate surface area is 152 Å². The number of nitrogens with zero attached hydrogens (tertiary/aromatic N) is 1. The number of halogens is 2. The maximum absolute atomic E-state index is 13.4. The van der Waals surface area contributed by atoms with E-state index in [1.807, 2.05) is 30.3 Å². The first-order valence-electron chi connectivity index (χ1n) is 7.94. The lowest BCUT2D eigenvalue weighted by Crippen LogP contribution is -2.19. The predicted octanol–water partition coefficient (Wildman–Crippen LogP) is 4.99. The first kappa shape index (κ1) is 18.2. The molecule has 0 amide bonds. The third-order valence-electron chi connectivity index (χ3n) is 3.87. The molecule has 0 aromatic heterocycles. The molecule has 6 heteroatoms. The molecule has 3 aromatic rings. The molecule has 3 rings (SSSR count). The second-order valence-electron chi connectivity index (χ2n) is 5.57. The van der Waals surface area contributed by atoms with E-state index in [2.05, 4.69) is 4.99 Å². The van der Waals surface area contributed by atoms with Crippen molar-refractivity contribution in [3.05, 3.63) is 66.7 Å². The van der Waals surface area contributed by atoms with Crippen molar-refractivity contribution in [1.82, 2.24) is 0 Å². The van der Waals surface area contributed by atoms with Gasteiger partial charge < -0.3 is 4.74 Å². The summed E-state index contributed by atoms with van der Waals surface area (Å²) in [4.78, 5) is 4.53. The van der Waals surface area contributed by atoms with Gasteiger partial charge in [-0.05, 0) is 41.1 Å². The molecule has 0 aliphatic heterocycles. The molecular formula is C20H17F2NO2S. The third-order valence-corrected chi connectivity index (χ3v) is 5.28. The smallest absolute Gasteiger partial charge is 0.277 e. The normalized spacial score (nSPS) is 13.2. The zero-order chi connectivity index (χ0) is 18.5. The molecule has 1 atom stereocenters. The Kier molecular flexibility index (Phi) is 5.73. The van der Waals surface area contributed by atoms with Gasteiger partial charge in [-0.1, -0.05) is 36.4 Å². The van der Waals surface area contributed by atoms with Gasteiger partial charge in [-0.2, -0.15) is 0 Å². The van der Waals surface area contributed by atoms with Crippen LogP contribution in [0.2, 0.25) is 0 Å². The van der Waals surface area contributed by atoms with Crippen LogP contribution in [0.25, 0.3) is 10.8 Å². The first-order chi connectivity index (χ1) is 12.6. The summed E-state index contributed by atoms with van der Waals surface area (Å²) in [7, 11) is -0.0998. The van der Waals surface area contributed by atoms with Crippen LogP contribution < -0.4 is 4.74 Å². The van der Waals surface area contributed by atoms with Crippen molar-refractivity contribution in [3.63, 3.8) is 0 Å². The lowest BCUT2D eigenvalue weighted by Gasteiger charge is -2.09. The Morgan fingerprint density at radius 2 is 1.73 bits per heavy atom. The van der Waals surface area contributed by atoms with Gasteiger partial charge in [0, 0.05) is 4.90 Å². The summed E-state index contributed by atoms with van der Waals surface area (Å²) in [5, 5.41) is 1.72. The summed E-state index contributed by atoms with van der Waals surface area (Å²) in [6.07, 6.45) is -2.78. The molecule has 1 unspecified atom stereocenters. The van der Waals surface area contributed by atoms with Gasteiger partial charge in [-0.3, -0.25) is 9.20 Å². The molecule has 0 bridgehead atoms. The molecule has 0 spiro atoms. The van der Waals surface area contributed by atoms with Crippen LogP contribution in [0.3, 0.4) is 0 Å². The number of ether oxygens (including phenoxy) is 1. The monoisotopic (exact) mass is 373 g/mol. The van der Waals surface area contributed by atoms with Crippen molar-refractivity contribution < 1.29 is 17.7 Å². The predicted molar refractivity (Wildman–Crippen MR) is 101 cm³/mol. The summed E-state index contributed by atoms with van der Waals surface area (Å²) in [6.45, 7) is 0. The van der Waals surface area contributed by atoms with Gasteiger partial charge in [0.1, 0.15) is 5.75 Å². The van der Waals surface area contributed by atoms with Crippen molar-refractivity contribution in [1.29, 1.82) is 0 Å². The zero-order valence-corrected chi connectivity index (χ0v) is 14.9. The van der Waals surface area contributed by atoms with Crippen LogP contribution in [0.15, 0.2) is 76.6 Å². The molecule has 134 valence electrons. The van der Waals surface area contributed by atoms with Crippen LogP contribution in [0.1, 0.15) is 0 Å². The largest absolute Gasteiger partial charge is 0.497 e. The Balaban J connectivity index is 1.89. The van der Waals surface area contributed by atoms with Gasteiger partial charge >= 0.3 is 0 Å². The van der Waals surface area contributed by atoms with Crippen LogP contribution in [-0.4, -0.2) is 29.2 Å². The number of alkyl halides is 2. The van der Waals surface area contributed by atoms with Crippen molar-refractivity contribution >= 4 is 33.0 Å². The number of aliphatic imine (C=N–C) groups is 1. The SMILES string of the molecule is COc1ccc(N=C(CS(=O)c2cccc3ccccc23)C(F)F)cc1. The Hall–Kier alpha value is -2.60. The number of hydrogen-bond acceptors (Lipinski definition) is 3. The van der Waals surface area contributed by atoms with Crippen LogP contribution in [0, 0.1) is 0 Å². The summed E-state index contributed by atoms with van der Waals surface area (Å²) in [5.74, 6) is 0.291. The molecule has 0 aliphatic rings. The number of fused-ring (bicyclic) bond motifs is 1.